The Kier molecular flexibility index (Phi) is 3.91. The second-order valence-corrected chi connectivity index (χ2v) is 4.17. The highest BCUT2D eigenvalue weighted by atomic mass is 79.9. The number of aryl methyl sites for hydroxylation is 1. The van der Waals surface area contributed by atoms with Crippen LogP contribution < -0.4 is 0 Å². The lowest BCUT2D eigenvalue weighted by Gasteiger charge is -2.12. The van der Waals surface area contributed by atoms with Crippen molar-refractivity contribution in [2.24, 2.45) is 0 Å². The summed E-state index contributed by atoms with van der Waals surface area (Å²) in [6.07, 6.45) is 0.965. The van der Waals surface area contributed by atoms with Gasteiger partial charge in [-0.2, -0.15) is 0 Å². The summed E-state index contributed by atoms with van der Waals surface area (Å²) < 4.78 is 13.5. The van der Waals surface area contributed by atoms with E-state index in [1.54, 1.807) is 0 Å². The van der Waals surface area contributed by atoms with E-state index in [9.17, 15) is 4.39 Å². The Morgan fingerprint density at radius 3 is 2.69 bits per heavy atom. The van der Waals surface area contributed by atoms with Gasteiger partial charge in [-0.3, -0.25) is 4.39 Å². The Hall–Kier alpha value is -0.370. The first-order valence-electron chi connectivity index (χ1n) is 4.53. The van der Waals surface area contributed by atoms with Gasteiger partial charge < -0.3 is 0 Å². The molecule has 0 aliphatic heterocycles. The lowest BCUT2D eigenvalue weighted by atomic mass is 9.95. The largest absolute Gasteiger partial charge is 0.250 e. The molecule has 0 saturated carbocycles. The van der Waals surface area contributed by atoms with Gasteiger partial charge in [0.2, 0.25) is 0 Å². The number of hydrogen-bond acceptors (Lipinski definition) is 0. The molecule has 1 aromatic carbocycles. The Morgan fingerprint density at radius 1 is 1.46 bits per heavy atom. The molecule has 0 aliphatic rings. The van der Waals surface area contributed by atoms with E-state index in [-0.39, 0.29) is 12.6 Å². The summed E-state index contributed by atoms with van der Waals surface area (Å²) in [5.74, 6) is 0.00690. The van der Waals surface area contributed by atoms with Crippen LogP contribution in [0.15, 0.2) is 22.7 Å². The standard InChI is InChI=1S/C11H14BrF/c1-3-9-4-5-10(12)6-11(9)8(2)7-13/h4-6,8H,3,7H2,1-2H3. The van der Waals surface area contributed by atoms with Crippen molar-refractivity contribution in [2.45, 2.75) is 26.2 Å². The fourth-order valence-electron chi connectivity index (χ4n) is 1.43. The maximum absolute atomic E-state index is 12.5. The summed E-state index contributed by atoms with van der Waals surface area (Å²) in [6.45, 7) is 3.72. The molecule has 0 heterocycles. The quantitative estimate of drug-likeness (QED) is 0.752. The Balaban J connectivity index is 3.07. The van der Waals surface area contributed by atoms with Crippen LogP contribution in [-0.2, 0) is 6.42 Å². The van der Waals surface area contributed by atoms with Crippen LogP contribution in [-0.4, -0.2) is 6.67 Å². The van der Waals surface area contributed by atoms with Crippen molar-refractivity contribution in [3.8, 4) is 0 Å². The molecule has 1 unspecified atom stereocenters. The SMILES string of the molecule is CCc1ccc(Br)cc1C(C)CF. The van der Waals surface area contributed by atoms with Gasteiger partial charge in [-0.25, -0.2) is 0 Å². The minimum atomic E-state index is -0.288. The van der Waals surface area contributed by atoms with Gasteiger partial charge in [0.15, 0.2) is 0 Å². The van der Waals surface area contributed by atoms with E-state index in [1.807, 2.05) is 19.1 Å². The molecule has 0 aromatic heterocycles. The van der Waals surface area contributed by atoms with E-state index in [1.165, 1.54) is 5.56 Å². The van der Waals surface area contributed by atoms with E-state index >= 15 is 0 Å². The zero-order valence-corrected chi connectivity index (χ0v) is 9.57. The molecule has 0 bridgehead atoms. The van der Waals surface area contributed by atoms with Crippen LogP contribution in [0, 0.1) is 0 Å². The summed E-state index contributed by atoms with van der Waals surface area (Å²) >= 11 is 3.40. The highest BCUT2D eigenvalue weighted by molar-refractivity contribution is 9.10. The summed E-state index contributed by atoms with van der Waals surface area (Å²) in [4.78, 5) is 0. The first kappa shape index (κ1) is 10.7. The first-order valence-corrected chi connectivity index (χ1v) is 5.32. The van der Waals surface area contributed by atoms with Crippen molar-refractivity contribution < 1.29 is 4.39 Å². The van der Waals surface area contributed by atoms with Crippen LogP contribution in [0.25, 0.3) is 0 Å². The summed E-state index contributed by atoms with van der Waals surface area (Å²) in [6, 6.07) is 6.09. The number of rotatable bonds is 3. The summed E-state index contributed by atoms with van der Waals surface area (Å²) in [7, 11) is 0. The van der Waals surface area contributed by atoms with E-state index in [0.717, 1.165) is 16.5 Å². The number of benzene rings is 1. The smallest absolute Gasteiger partial charge is 0.0960 e. The molecule has 72 valence electrons. The predicted octanol–water partition coefficient (Wildman–Crippen LogP) is 4.08. The minimum absolute atomic E-state index is 0.00690. The van der Waals surface area contributed by atoms with Crippen LogP contribution >= 0.6 is 15.9 Å². The average Bonchev–Trinajstić information content (AvgIpc) is 2.16. The lowest BCUT2D eigenvalue weighted by molar-refractivity contribution is 0.446. The van der Waals surface area contributed by atoms with Crippen molar-refractivity contribution >= 4 is 15.9 Å². The fraction of sp³-hybridized carbons (Fsp3) is 0.455. The highest BCUT2D eigenvalue weighted by Gasteiger charge is 2.09. The van der Waals surface area contributed by atoms with Crippen LogP contribution in [0.1, 0.15) is 30.9 Å². The normalized spacial score (nSPS) is 12.9. The van der Waals surface area contributed by atoms with Crippen molar-refractivity contribution in [1.82, 2.24) is 0 Å². The minimum Gasteiger partial charge on any atom is -0.250 e. The molecule has 0 fully saturated rings. The van der Waals surface area contributed by atoms with E-state index < -0.39 is 0 Å². The van der Waals surface area contributed by atoms with Gasteiger partial charge in [0.25, 0.3) is 0 Å². The summed E-state index contributed by atoms with van der Waals surface area (Å²) in [5, 5.41) is 0. The molecule has 0 radical (unpaired) electrons. The third-order valence-corrected chi connectivity index (χ3v) is 2.74. The zero-order valence-electron chi connectivity index (χ0n) is 7.98. The number of halogens is 2. The predicted molar refractivity (Wildman–Crippen MR) is 57.9 cm³/mol. The monoisotopic (exact) mass is 244 g/mol. The molecule has 0 amide bonds. The highest BCUT2D eigenvalue weighted by Crippen LogP contribution is 2.24. The molecule has 1 aromatic rings. The van der Waals surface area contributed by atoms with Crippen molar-refractivity contribution in [2.75, 3.05) is 6.67 Å². The van der Waals surface area contributed by atoms with E-state index in [0.29, 0.717) is 0 Å². The summed E-state index contributed by atoms with van der Waals surface area (Å²) in [5.41, 5.74) is 2.37. The third kappa shape index (κ3) is 2.53. The molecule has 0 N–H and O–H groups in total. The Bertz CT molecular complexity index is 283. The zero-order chi connectivity index (χ0) is 9.84. The molecule has 0 spiro atoms. The maximum Gasteiger partial charge on any atom is 0.0960 e. The molecule has 2 heteroatoms. The van der Waals surface area contributed by atoms with Crippen molar-refractivity contribution in [3.05, 3.63) is 33.8 Å². The Labute approximate surface area is 87.3 Å². The average molecular weight is 245 g/mol. The molecular formula is C11H14BrF. The molecule has 1 atom stereocenters. The van der Waals surface area contributed by atoms with Gasteiger partial charge >= 0.3 is 0 Å². The first-order chi connectivity index (χ1) is 6.19. The van der Waals surface area contributed by atoms with Gasteiger partial charge in [-0.15, -0.1) is 0 Å². The van der Waals surface area contributed by atoms with Crippen molar-refractivity contribution in [3.63, 3.8) is 0 Å². The second kappa shape index (κ2) is 4.75. The molecular weight excluding hydrogens is 231 g/mol. The fourth-order valence-corrected chi connectivity index (χ4v) is 1.81. The number of hydrogen-bond donors (Lipinski definition) is 0. The Morgan fingerprint density at radius 2 is 2.15 bits per heavy atom. The van der Waals surface area contributed by atoms with Crippen LogP contribution in [0.5, 0.6) is 0 Å². The molecule has 0 aliphatic carbocycles. The number of alkyl halides is 1. The molecule has 0 nitrogen and oxygen atoms in total. The van der Waals surface area contributed by atoms with E-state index in [2.05, 4.69) is 28.9 Å². The second-order valence-electron chi connectivity index (χ2n) is 3.25. The molecule has 13 heavy (non-hydrogen) atoms. The van der Waals surface area contributed by atoms with Crippen LogP contribution in [0.2, 0.25) is 0 Å². The molecule has 1 rings (SSSR count). The molecule has 0 saturated heterocycles. The van der Waals surface area contributed by atoms with Crippen LogP contribution in [0.3, 0.4) is 0 Å². The maximum atomic E-state index is 12.5. The van der Waals surface area contributed by atoms with Gasteiger partial charge in [-0.05, 0) is 29.7 Å². The van der Waals surface area contributed by atoms with Gasteiger partial charge in [0.1, 0.15) is 0 Å². The van der Waals surface area contributed by atoms with Gasteiger partial charge in [-0.1, -0.05) is 35.8 Å². The van der Waals surface area contributed by atoms with Gasteiger partial charge in [0.05, 0.1) is 6.67 Å². The van der Waals surface area contributed by atoms with Crippen molar-refractivity contribution in [1.29, 1.82) is 0 Å². The third-order valence-electron chi connectivity index (χ3n) is 2.25. The van der Waals surface area contributed by atoms with Crippen LogP contribution in [0.4, 0.5) is 4.39 Å². The topological polar surface area (TPSA) is 0 Å². The van der Waals surface area contributed by atoms with E-state index in [4.69, 9.17) is 0 Å². The van der Waals surface area contributed by atoms with Gasteiger partial charge in [0, 0.05) is 10.4 Å². The lowest BCUT2D eigenvalue weighted by Crippen LogP contribution is -2.00.